The largest absolute Gasteiger partial charge is 0.497 e. The molecule has 1 aliphatic heterocycles. The number of benzene rings is 2. The van der Waals surface area contributed by atoms with Crippen molar-refractivity contribution in [2.24, 2.45) is 0 Å². The quantitative estimate of drug-likeness (QED) is 0.242. The van der Waals surface area contributed by atoms with Crippen molar-refractivity contribution in [1.29, 1.82) is 0 Å². The molecule has 14 heteroatoms. The summed E-state index contributed by atoms with van der Waals surface area (Å²) in [5.74, 6) is -0.428. The molecule has 1 amide bonds. The first-order valence-electron chi connectivity index (χ1n) is 14.7. The zero-order chi connectivity index (χ0) is 33.4. The first-order chi connectivity index (χ1) is 22.0. The van der Waals surface area contributed by atoms with Gasteiger partial charge in [-0.25, -0.2) is 8.42 Å². The zero-order valence-electron chi connectivity index (χ0n) is 26.6. The number of sulfonamides is 1. The number of methoxy groups -OCH3 is 3. The van der Waals surface area contributed by atoms with Crippen molar-refractivity contribution in [3.63, 3.8) is 0 Å². The van der Waals surface area contributed by atoms with Crippen LogP contribution in [0, 0.1) is 0 Å². The molecule has 1 N–H and O–H groups in total. The van der Waals surface area contributed by atoms with Gasteiger partial charge in [-0.05, 0) is 42.0 Å². The van der Waals surface area contributed by atoms with Crippen LogP contribution in [-0.4, -0.2) is 113 Å². The summed E-state index contributed by atoms with van der Waals surface area (Å²) in [6, 6.07) is 13.4. The average molecular weight is 660 g/mol. The highest BCUT2D eigenvalue weighted by molar-refractivity contribution is 7.89. The number of hydrogen-bond acceptors (Lipinski definition) is 10. The molecule has 2 atom stereocenters. The number of aliphatic hydroxyl groups is 1. The van der Waals surface area contributed by atoms with Crippen LogP contribution in [0.25, 0.3) is 10.9 Å². The molecule has 3 aromatic rings. The van der Waals surface area contributed by atoms with Crippen LogP contribution in [0.2, 0.25) is 0 Å². The number of amides is 1. The number of aliphatic hydroxyl groups excluding tert-OH is 1. The Morgan fingerprint density at radius 3 is 2.39 bits per heavy atom. The highest BCUT2D eigenvalue weighted by Crippen LogP contribution is 2.37. The smallest absolute Gasteiger partial charge is 0.288 e. The lowest BCUT2D eigenvalue weighted by Gasteiger charge is -2.31. The van der Waals surface area contributed by atoms with Gasteiger partial charge < -0.3 is 33.7 Å². The summed E-state index contributed by atoms with van der Waals surface area (Å²) in [6.07, 6.45) is 2.18. The van der Waals surface area contributed by atoms with Gasteiger partial charge in [0.05, 0.1) is 37.3 Å². The molecule has 0 saturated carbocycles. The molecule has 250 valence electrons. The minimum absolute atomic E-state index is 0.0347. The van der Waals surface area contributed by atoms with Crippen LogP contribution in [0.3, 0.4) is 0 Å². The van der Waals surface area contributed by atoms with Crippen LogP contribution in [0.4, 0.5) is 0 Å². The van der Waals surface area contributed by atoms with E-state index in [-0.39, 0.29) is 55.1 Å². The number of carbonyl (C=O) groups excluding carboxylic acids is 2. The number of hydrogen-bond donors (Lipinski definition) is 1. The monoisotopic (exact) mass is 659 g/mol. The number of rotatable bonds is 15. The third-order valence-corrected chi connectivity index (χ3v) is 9.65. The van der Waals surface area contributed by atoms with E-state index in [4.69, 9.17) is 23.7 Å². The number of ether oxygens (including phenoxy) is 5. The first-order valence-corrected chi connectivity index (χ1v) is 16.1. The Morgan fingerprint density at radius 1 is 1.07 bits per heavy atom. The van der Waals surface area contributed by atoms with Gasteiger partial charge in [0.15, 0.2) is 12.0 Å². The van der Waals surface area contributed by atoms with E-state index in [1.165, 1.54) is 45.3 Å². The predicted molar refractivity (Wildman–Crippen MR) is 169 cm³/mol. The molecule has 2 heterocycles. The summed E-state index contributed by atoms with van der Waals surface area (Å²) >= 11 is 0. The minimum Gasteiger partial charge on any atom is -0.497 e. The average Bonchev–Trinajstić information content (AvgIpc) is 3.46. The Hall–Kier alpha value is -3.79. The number of likely N-dealkylation sites (N-methyl/N-ethyl adjacent to an activating group) is 1. The normalized spacial score (nSPS) is 16.8. The maximum atomic E-state index is 13.5. The van der Waals surface area contributed by atoms with E-state index < -0.39 is 35.1 Å². The fourth-order valence-electron chi connectivity index (χ4n) is 5.28. The first kappa shape index (κ1) is 35.1. The molecule has 0 aliphatic carbocycles. The zero-order valence-corrected chi connectivity index (χ0v) is 27.4. The molecule has 0 radical (unpaired) electrons. The topological polar surface area (TPSA) is 146 Å². The summed E-state index contributed by atoms with van der Waals surface area (Å²) in [7, 11) is 2.07. The summed E-state index contributed by atoms with van der Waals surface area (Å²) in [6.45, 7) is 0.895. The standard InChI is InChI=1S/C32H41N3O10S/c1-22(37)35-20-27(26-8-6-7-9-28(26)35)23-18-29(32(38)33(2)21-31(42-4)43-5)45-30(19-23)44-17-15-34(14-16-36)46(39,40)25-12-10-24(41-3)11-13-25/h6-13,18,20,23,30-31,36H,14-17,19,21H2,1-5H3/t23-,30+/m1/s1. The lowest BCUT2D eigenvalue weighted by molar-refractivity contribution is -0.158. The van der Waals surface area contributed by atoms with Gasteiger partial charge in [-0.15, -0.1) is 0 Å². The number of allylic oxidation sites excluding steroid dienone is 1. The van der Waals surface area contributed by atoms with E-state index in [1.807, 2.05) is 24.3 Å². The summed E-state index contributed by atoms with van der Waals surface area (Å²) in [5, 5.41) is 10.5. The SMILES string of the molecule is COc1ccc(S(=O)(=O)N(CCO)CCO[C@@H]2C[C@H](c3cn(C(C)=O)c4ccccc34)C=C(C(=O)N(C)CC(OC)OC)O2)cc1. The van der Waals surface area contributed by atoms with E-state index in [2.05, 4.69) is 0 Å². The van der Waals surface area contributed by atoms with E-state index in [1.54, 1.807) is 36.0 Å². The molecule has 1 aliphatic rings. The number of carbonyl (C=O) groups is 2. The van der Waals surface area contributed by atoms with Gasteiger partial charge in [-0.1, -0.05) is 18.2 Å². The van der Waals surface area contributed by atoms with Crippen molar-refractivity contribution in [3.8, 4) is 5.75 Å². The van der Waals surface area contributed by atoms with E-state index in [0.717, 1.165) is 20.8 Å². The van der Waals surface area contributed by atoms with Gasteiger partial charge in [0.1, 0.15) is 5.75 Å². The van der Waals surface area contributed by atoms with Gasteiger partial charge in [0.2, 0.25) is 22.2 Å². The Labute approximate surface area is 268 Å². The lowest BCUT2D eigenvalue weighted by atomic mass is 9.92. The number of fused-ring (bicyclic) bond motifs is 1. The molecule has 0 unspecified atom stereocenters. The fourth-order valence-corrected chi connectivity index (χ4v) is 6.69. The van der Waals surface area contributed by atoms with Crippen LogP contribution in [-0.2, 0) is 33.8 Å². The third-order valence-electron chi connectivity index (χ3n) is 7.74. The molecule has 13 nitrogen and oxygen atoms in total. The second-order valence-electron chi connectivity index (χ2n) is 10.7. The second-order valence-corrected chi connectivity index (χ2v) is 12.6. The van der Waals surface area contributed by atoms with Crippen LogP contribution >= 0.6 is 0 Å². The molecular formula is C32H41N3O10S. The number of aromatic nitrogens is 1. The van der Waals surface area contributed by atoms with Crippen LogP contribution in [0.5, 0.6) is 5.75 Å². The van der Waals surface area contributed by atoms with Crippen LogP contribution in [0.1, 0.15) is 29.6 Å². The summed E-state index contributed by atoms with van der Waals surface area (Å²) < 4.78 is 57.1. The molecule has 0 fully saturated rings. The van der Waals surface area contributed by atoms with Crippen molar-refractivity contribution in [2.75, 3.05) is 61.2 Å². The van der Waals surface area contributed by atoms with Crippen molar-refractivity contribution in [1.82, 2.24) is 13.8 Å². The number of nitrogens with zero attached hydrogens (tertiary/aromatic N) is 3. The van der Waals surface area contributed by atoms with E-state index >= 15 is 0 Å². The van der Waals surface area contributed by atoms with Crippen molar-refractivity contribution < 1.29 is 46.8 Å². The third kappa shape index (κ3) is 7.94. The Balaban J connectivity index is 1.58. The second kappa shape index (κ2) is 15.7. The molecule has 0 bridgehead atoms. The van der Waals surface area contributed by atoms with Gasteiger partial charge in [0.25, 0.3) is 5.91 Å². The van der Waals surface area contributed by atoms with E-state index in [9.17, 15) is 23.1 Å². The molecular weight excluding hydrogens is 618 g/mol. The highest BCUT2D eigenvalue weighted by Gasteiger charge is 2.33. The van der Waals surface area contributed by atoms with Crippen LogP contribution in [0.15, 0.2) is 71.5 Å². The van der Waals surface area contributed by atoms with E-state index in [0.29, 0.717) is 5.75 Å². The van der Waals surface area contributed by atoms with Crippen molar-refractivity contribution in [2.45, 2.75) is 36.7 Å². The van der Waals surface area contributed by atoms with Crippen molar-refractivity contribution in [3.05, 3.63) is 72.1 Å². The number of para-hydroxylation sites is 1. The summed E-state index contributed by atoms with van der Waals surface area (Å²) in [4.78, 5) is 27.5. The van der Waals surface area contributed by atoms with Gasteiger partial charge in [0, 0.05) is 65.2 Å². The fraction of sp³-hybridized carbons (Fsp3) is 0.438. The van der Waals surface area contributed by atoms with Crippen molar-refractivity contribution >= 4 is 32.7 Å². The maximum absolute atomic E-state index is 13.5. The lowest BCUT2D eigenvalue weighted by Crippen LogP contribution is -2.40. The van der Waals surface area contributed by atoms with Gasteiger partial charge in [-0.3, -0.25) is 14.2 Å². The van der Waals surface area contributed by atoms with Crippen LogP contribution < -0.4 is 4.74 Å². The molecule has 2 aromatic carbocycles. The Morgan fingerprint density at radius 2 is 1.76 bits per heavy atom. The minimum atomic E-state index is -3.96. The Bertz CT molecular complexity index is 1630. The van der Waals surface area contributed by atoms with Gasteiger partial charge in [-0.2, -0.15) is 4.31 Å². The highest BCUT2D eigenvalue weighted by atomic mass is 32.2. The molecule has 0 saturated heterocycles. The molecule has 4 rings (SSSR count). The molecule has 0 spiro atoms. The van der Waals surface area contributed by atoms with Gasteiger partial charge >= 0.3 is 0 Å². The maximum Gasteiger partial charge on any atom is 0.288 e. The molecule has 46 heavy (non-hydrogen) atoms. The molecule has 1 aromatic heterocycles. The predicted octanol–water partition coefficient (Wildman–Crippen LogP) is 2.80. The Kier molecular flexibility index (Phi) is 11.9. The summed E-state index contributed by atoms with van der Waals surface area (Å²) in [5.41, 5.74) is 1.55.